The molecule has 1 amide bonds. The lowest BCUT2D eigenvalue weighted by Gasteiger charge is -2.15. The quantitative estimate of drug-likeness (QED) is 0.595. The third-order valence-electron chi connectivity index (χ3n) is 4.89. The number of aryl methyl sites for hydroxylation is 2. The number of carbonyl (C=O) groups is 1. The molecule has 0 saturated heterocycles. The number of hydrogen-bond acceptors (Lipinski definition) is 5. The van der Waals surface area contributed by atoms with Gasteiger partial charge >= 0.3 is 0 Å². The van der Waals surface area contributed by atoms with Crippen LogP contribution in [0.5, 0.6) is 0 Å². The Morgan fingerprint density at radius 3 is 2.71 bits per heavy atom. The van der Waals surface area contributed by atoms with Crippen LogP contribution in [0.1, 0.15) is 42.9 Å². The molecule has 0 spiro atoms. The summed E-state index contributed by atoms with van der Waals surface area (Å²) in [6, 6.07) is 14.0. The highest BCUT2D eigenvalue weighted by Crippen LogP contribution is 2.27. The second-order valence-corrected chi connectivity index (χ2v) is 7.82. The van der Waals surface area contributed by atoms with E-state index < -0.39 is 0 Å². The summed E-state index contributed by atoms with van der Waals surface area (Å²) in [4.78, 5) is 12.5. The topological polar surface area (TPSA) is 72.7 Å². The predicted molar refractivity (Wildman–Crippen MR) is 113 cm³/mol. The highest BCUT2D eigenvalue weighted by Gasteiger charge is 2.14. The average Bonchev–Trinajstić information content (AvgIpc) is 3.17. The Hall–Kier alpha value is -2.67. The Labute approximate surface area is 169 Å². The summed E-state index contributed by atoms with van der Waals surface area (Å²) >= 11 is 1.32. The van der Waals surface area contributed by atoms with Crippen molar-refractivity contribution in [3.8, 4) is 5.69 Å². The molecule has 0 radical (unpaired) electrons. The molecule has 0 aliphatic heterocycles. The van der Waals surface area contributed by atoms with Crippen molar-refractivity contribution in [2.45, 2.75) is 45.2 Å². The summed E-state index contributed by atoms with van der Waals surface area (Å²) in [5.74, 6) is 0.552. The highest BCUT2D eigenvalue weighted by atomic mass is 32.2. The number of aromatic nitrogens is 4. The summed E-state index contributed by atoms with van der Waals surface area (Å²) in [7, 11) is 0. The lowest BCUT2D eigenvalue weighted by Crippen LogP contribution is -2.16. The first kappa shape index (κ1) is 20.1. The van der Waals surface area contributed by atoms with Gasteiger partial charge in [-0.2, -0.15) is 4.68 Å². The minimum atomic E-state index is -0.0737. The molecule has 6 nitrogen and oxygen atoms in total. The molecule has 0 aliphatic carbocycles. The number of rotatable bonds is 7. The normalized spacial score (nSPS) is 12.0. The van der Waals surface area contributed by atoms with Crippen molar-refractivity contribution in [3.05, 3.63) is 59.2 Å². The van der Waals surface area contributed by atoms with Gasteiger partial charge in [-0.05, 0) is 71.5 Å². The highest BCUT2D eigenvalue weighted by molar-refractivity contribution is 7.99. The molecular formula is C21H25N5OS. The van der Waals surface area contributed by atoms with E-state index in [0.29, 0.717) is 11.1 Å². The van der Waals surface area contributed by atoms with Gasteiger partial charge in [0.1, 0.15) is 0 Å². The maximum Gasteiger partial charge on any atom is 0.234 e. The molecule has 1 atom stereocenters. The molecule has 146 valence electrons. The van der Waals surface area contributed by atoms with Gasteiger partial charge in [-0.25, -0.2) is 0 Å². The maximum atomic E-state index is 12.5. The minimum Gasteiger partial charge on any atom is -0.325 e. The minimum absolute atomic E-state index is 0.0737. The van der Waals surface area contributed by atoms with E-state index in [-0.39, 0.29) is 11.7 Å². The van der Waals surface area contributed by atoms with Crippen molar-refractivity contribution in [3.63, 3.8) is 0 Å². The van der Waals surface area contributed by atoms with Crippen LogP contribution < -0.4 is 5.32 Å². The Kier molecular flexibility index (Phi) is 6.46. The van der Waals surface area contributed by atoms with Crippen molar-refractivity contribution in [1.29, 1.82) is 0 Å². The molecule has 0 aliphatic rings. The van der Waals surface area contributed by atoms with Gasteiger partial charge in [0.2, 0.25) is 11.1 Å². The van der Waals surface area contributed by atoms with Crippen LogP contribution >= 0.6 is 11.8 Å². The lowest BCUT2D eigenvalue weighted by atomic mass is 9.97. The molecule has 0 unspecified atom stereocenters. The largest absolute Gasteiger partial charge is 0.325 e. The Morgan fingerprint density at radius 1 is 1.18 bits per heavy atom. The summed E-state index contributed by atoms with van der Waals surface area (Å²) in [6.45, 7) is 8.43. The van der Waals surface area contributed by atoms with E-state index >= 15 is 0 Å². The number of hydrogen-bond donors (Lipinski definition) is 1. The van der Waals surface area contributed by atoms with Gasteiger partial charge in [0.15, 0.2) is 0 Å². The van der Waals surface area contributed by atoms with Crippen LogP contribution in [0.4, 0.5) is 5.69 Å². The summed E-state index contributed by atoms with van der Waals surface area (Å²) in [6.07, 6.45) is 1.02. The number of para-hydroxylation sites is 1. The predicted octanol–water partition coefficient (Wildman–Crippen LogP) is 4.52. The van der Waals surface area contributed by atoms with Crippen LogP contribution in [0, 0.1) is 13.8 Å². The molecule has 0 saturated carbocycles. The first-order chi connectivity index (χ1) is 13.5. The smallest absolute Gasteiger partial charge is 0.234 e. The van der Waals surface area contributed by atoms with E-state index in [1.807, 2.05) is 36.4 Å². The van der Waals surface area contributed by atoms with Gasteiger partial charge in [-0.1, -0.05) is 49.9 Å². The molecule has 7 heteroatoms. The summed E-state index contributed by atoms with van der Waals surface area (Å²) < 4.78 is 1.66. The zero-order chi connectivity index (χ0) is 20.1. The molecule has 1 N–H and O–H groups in total. The van der Waals surface area contributed by atoms with Crippen LogP contribution in [-0.2, 0) is 4.79 Å². The third-order valence-corrected chi connectivity index (χ3v) is 5.81. The van der Waals surface area contributed by atoms with E-state index in [2.05, 4.69) is 54.6 Å². The van der Waals surface area contributed by atoms with E-state index in [1.165, 1.54) is 22.9 Å². The first-order valence-corrected chi connectivity index (χ1v) is 10.4. The fraction of sp³-hybridized carbons (Fsp3) is 0.333. The summed E-state index contributed by atoms with van der Waals surface area (Å²) in [5.41, 5.74) is 5.30. The number of anilines is 1. The average molecular weight is 396 g/mol. The molecule has 1 aromatic heterocycles. The van der Waals surface area contributed by atoms with Crippen molar-refractivity contribution in [1.82, 2.24) is 20.2 Å². The number of nitrogens with one attached hydrogen (secondary N) is 1. The molecule has 0 fully saturated rings. The van der Waals surface area contributed by atoms with Crippen LogP contribution in [-0.4, -0.2) is 31.9 Å². The van der Waals surface area contributed by atoms with E-state index in [0.717, 1.165) is 23.4 Å². The standard InChI is InChI=1S/C21H25N5OS/c1-5-14(2)18-8-6-7-9-19(18)22-20(27)13-28-21-23-24-25-26(21)17-11-10-15(3)16(4)12-17/h6-12,14H,5,13H2,1-4H3,(H,22,27)/t14-/m0/s1. The maximum absolute atomic E-state index is 12.5. The second-order valence-electron chi connectivity index (χ2n) is 6.88. The fourth-order valence-corrected chi connectivity index (χ4v) is 3.56. The van der Waals surface area contributed by atoms with E-state index in [9.17, 15) is 4.79 Å². The van der Waals surface area contributed by atoms with Gasteiger partial charge in [0.05, 0.1) is 11.4 Å². The van der Waals surface area contributed by atoms with Crippen molar-refractivity contribution in [2.24, 2.45) is 0 Å². The Balaban J connectivity index is 1.68. The zero-order valence-electron chi connectivity index (χ0n) is 16.6. The van der Waals surface area contributed by atoms with E-state index in [4.69, 9.17) is 0 Å². The van der Waals surface area contributed by atoms with Crippen molar-refractivity contribution >= 4 is 23.4 Å². The zero-order valence-corrected chi connectivity index (χ0v) is 17.5. The molecule has 3 rings (SSSR count). The van der Waals surface area contributed by atoms with Gasteiger partial charge in [0.25, 0.3) is 0 Å². The van der Waals surface area contributed by atoms with Crippen LogP contribution in [0.3, 0.4) is 0 Å². The van der Waals surface area contributed by atoms with Crippen molar-refractivity contribution in [2.75, 3.05) is 11.1 Å². The Bertz CT molecular complexity index is 969. The Morgan fingerprint density at radius 2 is 1.96 bits per heavy atom. The van der Waals surface area contributed by atoms with Crippen LogP contribution in [0.25, 0.3) is 5.69 Å². The molecule has 0 bridgehead atoms. The monoisotopic (exact) mass is 395 g/mol. The third kappa shape index (κ3) is 4.59. The van der Waals surface area contributed by atoms with Gasteiger partial charge < -0.3 is 5.32 Å². The second kappa shape index (κ2) is 9.01. The molecule has 28 heavy (non-hydrogen) atoms. The first-order valence-electron chi connectivity index (χ1n) is 9.37. The number of benzene rings is 2. The number of amides is 1. The summed E-state index contributed by atoms with van der Waals surface area (Å²) in [5, 5.41) is 15.5. The number of nitrogens with zero attached hydrogens (tertiary/aromatic N) is 4. The van der Waals surface area contributed by atoms with Gasteiger partial charge in [-0.15, -0.1) is 5.10 Å². The van der Waals surface area contributed by atoms with Gasteiger partial charge in [-0.3, -0.25) is 4.79 Å². The van der Waals surface area contributed by atoms with Crippen molar-refractivity contribution < 1.29 is 4.79 Å². The van der Waals surface area contributed by atoms with Gasteiger partial charge in [0, 0.05) is 5.69 Å². The number of thioether (sulfide) groups is 1. The number of tetrazole rings is 1. The number of carbonyl (C=O) groups excluding carboxylic acids is 1. The molecule has 2 aromatic carbocycles. The van der Waals surface area contributed by atoms with E-state index in [1.54, 1.807) is 4.68 Å². The fourth-order valence-electron chi connectivity index (χ4n) is 2.87. The SMILES string of the molecule is CC[C@H](C)c1ccccc1NC(=O)CSc1nnnn1-c1ccc(C)c(C)c1. The molecule has 1 heterocycles. The van der Waals surface area contributed by atoms with Crippen LogP contribution in [0.2, 0.25) is 0 Å². The molecular weight excluding hydrogens is 370 g/mol. The molecule has 3 aromatic rings. The lowest BCUT2D eigenvalue weighted by molar-refractivity contribution is -0.113. The van der Waals surface area contributed by atoms with Crippen LogP contribution in [0.15, 0.2) is 47.6 Å².